The van der Waals surface area contributed by atoms with Gasteiger partial charge in [0.1, 0.15) is 0 Å². The summed E-state index contributed by atoms with van der Waals surface area (Å²) in [5.74, 6) is 0. The van der Waals surface area contributed by atoms with E-state index in [9.17, 15) is 4.79 Å². The average molecular weight is 385 g/mol. The molecule has 162 valence electrons. The summed E-state index contributed by atoms with van der Waals surface area (Å²) >= 11 is 0. The average Bonchev–Trinajstić information content (AvgIpc) is 2.67. The molecule has 0 amide bonds. The zero-order valence-corrected chi connectivity index (χ0v) is 18.6. The molecule has 0 bridgehead atoms. The normalized spacial score (nSPS) is 10.9. The molecule has 0 aliphatic carbocycles. The van der Waals surface area contributed by atoms with E-state index in [0.29, 0.717) is 13.2 Å². The molecule has 0 unspecified atom stereocenters. The van der Waals surface area contributed by atoms with Crippen molar-refractivity contribution < 1.29 is 14.3 Å². The Hall–Kier alpha value is -0.730. The fraction of sp³-hybridized carbons (Fsp3) is 0.958. The number of hydrogen-bond donors (Lipinski definition) is 0. The Morgan fingerprint density at radius 1 is 0.444 bits per heavy atom. The molecule has 0 heterocycles. The van der Waals surface area contributed by atoms with Crippen molar-refractivity contribution in [1.29, 1.82) is 0 Å². The summed E-state index contributed by atoms with van der Waals surface area (Å²) in [6.07, 6.45) is 23.9. The third-order valence-electron chi connectivity index (χ3n) is 5.19. The van der Waals surface area contributed by atoms with Gasteiger partial charge in [-0.1, -0.05) is 123 Å². The van der Waals surface area contributed by atoms with Crippen LogP contribution in [0.4, 0.5) is 4.79 Å². The van der Waals surface area contributed by atoms with Crippen LogP contribution in [-0.2, 0) is 9.47 Å². The van der Waals surface area contributed by atoms with Crippen LogP contribution in [0.25, 0.3) is 0 Å². The maximum absolute atomic E-state index is 11.5. The van der Waals surface area contributed by atoms with Crippen LogP contribution in [0.1, 0.15) is 136 Å². The van der Waals surface area contributed by atoms with E-state index in [-0.39, 0.29) is 0 Å². The zero-order chi connectivity index (χ0) is 19.8. The molecule has 0 fully saturated rings. The molecule has 0 aromatic carbocycles. The zero-order valence-electron chi connectivity index (χ0n) is 18.6. The summed E-state index contributed by atoms with van der Waals surface area (Å²) in [5.41, 5.74) is 0. The smallest absolute Gasteiger partial charge is 0.434 e. The van der Waals surface area contributed by atoms with Gasteiger partial charge in [0.15, 0.2) is 0 Å². The van der Waals surface area contributed by atoms with E-state index >= 15 is 0 Å². The number of carbonyl (C=O) groups is 1. The third kappa shape index (κ3) is 23.2. The lowest BCUT2D eigenvalue weighted by Crippen LogP contribution is -2.09. The Morgan fingerprint density at radius 3 is 1.00 bits per heavy atom. The van der Waals surface area contributed by atoms with Gasteiger partial charge in [-0.25, -0.2) is 4.79 Å². The van der Waals surface area contributed by atoms with Crippen molar-refractivity contribution in [3.05, 3.63) is 0 Å². The van der Waals surface area contributed by atoms with E-state index in [0.717, 1.165) is 25.7 Å². The number of rotatable bonds is 21. The van der Waals surface area contributed by atoms with E-state index < -0.39 is 6.16 Å². The number of carbonyl (C=O) groups excluding carboxylic acids is 1. The molecule has 0 rings (SSSR count). The molecule has 0 aromatic heterocycles. The standard InChI is InChI=1S/C24H48O3/c1-3-5-7-9-11-13-14-15-17-19-21-23-27-24(25)26-22-20-18-16-12-10-8-6-4-2/h3-23H2,1-2H3. The second-order valence-electron chi connectivity index (χ2n) is 7.96. The first kappa shape index (κ1) is 26.3. The number of hydrogen-bond acceptors (Lipinski definition) is 3. The van der Waals surface area contributed by atoms with E-state index in [4.69, 9.17) is 9.47 Å². The summed E-state index contributed by atoms with van der Waals surface area (Å²) in [4.78, 5) is 11.5. The van der Waals surface area contributed by atoms with E-state index in [1.807, 2.05) is 0 Å². The van der Waals surface area contributed by atoms with Crippen molar-refractivity contribution in [3.63, 3.8) is 0 Å². The Kier molecular flexibility index (Phi) is 22.7. The molecule has 0 atom stereocenters. The minimum absolute atomic E-state index is 0.481. The lowest BCUT2D eigenvalue weighted by molar-refractivity contribution is 0.0529. The summed E-state index contributed by atoms with van der Waals surface area (Å²) in [6.45, 7) is 5.52. The molecule has 0 aromatic rings. The summed E-state index contributed by atoms with van der Waals surface area (Å²) in [5, 5.41) is 0. The van der Waals surface area contributed by atoms with Gasteiger partial charge in [-0.15, -0.1) is 0 Å². The molecule has 3 nitrogen and oxygen atoms in total. The van der Waals surface area contributed by atoms with Gasteiger partial charge in [-0.05, 0) is 12.8 Å². The molecular weight excluding hydrogens is 336 g/mol. The largest absolute Gasteiger partial charge is 0.508 e. The fourth-order valence-corrected chi connectivity index (χ4v) is 3.35. The van der Waals surface area contributed by atoms with E-state index in [1.165, 1.54) is 96.3 Å². The van der Waals surface area contributed by atoms with Crippen molar-refractivity contribution in [3.8, 4) is 0 Å². The summed E-state index contributed by atoms with van der Waals surface area (Å²) in [7, 11) is 0. The molecule has 0 aliphatic rings. The van der Waals surface area contributed by atoms with E-state index in [2.05, 4.69) is 13.8 Å². The highest BCUT2D eigenvalue weighted by atomic mass is 16.7. The monoisotopic (exact) mass is 384 g/mol. The quantitative estimate of drug-likeness (QED) is 0.147. The molecule has 0 radical (unpaired) electrons. The van der Waals surface area contributed by atoms with Gasteiger partial charge < -0.3 is 9.47 Å². The van der Waals surface area contributed by atoms with Gasteiger partial charge in [-0.3, -0.25) is 0 Å². The van der Waals surface area contributed by atoms with Crippen molar-refractivity contribution in [2.75, 3.05) is 13.2 Å². The maximum Gasteiger partial charge on any atom is 0.508 e. The number of ether oxygens (including phenoxy) is 2. The van der Waals surface area contributed by atoms with Gasteiger partial charge in [-0.2, -0.15) is 0 Å². The molecule has 0 N–H and O–H groups in total. The van der Waals surface area contributed by atoms with Gasteiger partial charge in [0.05, 0.1) is 13.2 Å². The molecular formula is C24H48O3. The minimum Gasteiger partial charge on any atom is -0.434 e. The van der Waals surface area contributed by atoms with Crippen molar-refractivity contribution in [1.82, 2.24) is 0 Å². The predicted octanol–water partition coefficient (Wildman–Crippen LogP) is 8.59. The van der Waals surface area contributed by atoms with E-state index in [1.54, 1.807) is 0 Å². The highest BCUT2D eigenvalue weighted by Crippen LogP contribution is 2.11. The maximum atomic E-state index is 11.5. The van der Waals surface area contributed by atoms with Gasteiger partial charge in [0, 0.05) is 0 Å². The Bertz CT molecular complexity index is 291. The summed E-state index contributed by atoms with van der Waals surface area (Å²) in [6, 6.07) is 0. The second-order valence-corrected chi connectivity index (χ2v) is 7.96. The van der Waals surface area contributed by atoms with Gasteiger partial charge in [0.2, 0.25) is 0 Å². The van der Waals surface area contributed by atoms with Crippen LogP contribution in [0.3, 0.4) is 0 Å². The molecule has 27 heavy (non-hydrogen) atoms. The molecule has 3 heteroatoms. The van der Waals surface area contributed by atoms with Crippen LogP contribution in [0.15, 0.2) is 0 Å². The van der Waals surface area contributed by atoms with Crippen LogP contribution in [0.5, 0.6) is 0 Å². The van der Waals surface area contributed by atoms with Crippen LogP contribution < -0.4 is 0 Å². The lowest BCUT2D eigenvalue weighted by atomic mass is 10.1. The van der Waals surface area contributed by atoms with Gasteiger partial charge in [0.25, 0.3) is 0 Å². The minimum atomic E-state index is -0.481. The molecule has 0 spiro atoms. The molecule has 0 saturated heterocycles. The third-order valence-corrected chi connectivity index (χ3v) is 5.19. The fourth-order valence-electron chi connectivity index (χ4n) is 3.35. The Morgan fingerprint density at radius 2 is 0.704 bits per heavy atom. The highest BCUT2D eigenvalue weighted by molar-refractivity contribution is 5.59. The van der Waals surface area contributed by atoms with Crippen LogP contribution in [0, 0.1) is 0 Å². The molecule has 0 aliphatic heterocycles. The van der Waals surface area contributed by atoms with Crippen LogP contribution >= 0.6 is 0 Å². The van der Waals surface area contributed by atoms with Crippen LogP contribution in [0.2, 0.25) is 0 Å². The van der Waals surface area contributed by atoms with Gasteiger partial charge >= 0.3 is 6.16 Å². The molecule has 0 saturated carbocycles. The Labute approximate surface area is 170 Å². The first-order valence-electron chi connectivity index (χ1n) is 12.1. The Balaban J connectivity index is 3.13. The predicted molar refractivity (Wildman–Crippen MR) is 116 cm³/mol. The number of unbranched alkanes of at least 4 members (excludes halogenated alkanes) is 17. The topological polar surface area (TPSA) is 35.5 Å². The lowest BCUT2D eigenvalue weighted by Gasteiger charge is -2.06. The highest BCUT2D eigenvalue weighted by Gasteiger charge is 2.03. The first-order valence-corrected chi connectivity index (χ1v) is 12.1. The first-order chi connectivity index (χ1) is 13.3. The van der Waals surface area contributed by atoms with Crippen LogP contribution in [-0.4, -0.2) is 19.4 Å². The van der Waals surface area contributed by atoms with Crippen molar-refractivity contribution in [2.45, 2.75) is 136 Å². The SMILES string of the molecule is CCCCCCCCCCCCCOC(=O)OCCCCCCCCCC. The van der Waals surface area contributed by atoms with Crippen molar-refractivity contribution in [2.24, 2.45) is 0 Å². The van der Waals surface area contributed by atoms with Crippen molar-refractivity contribution >= 4 is 6.16 Å². The summed E-state index contributed by atoms with van der Waals surface area (Å²) < 4.78 is 10.3. The second kappa shape index (κ2) is 23.3.